The molecule has 3 atom stereocenters. The first kappa shape index (κ1) is 23.1. The Hall–Kier alpha value is -3.03. The largest absolute Gasteiger partial charge is 0.292 e. The number of halogens is 3. The highest BCUT2D eigenvalue weighted by molar-refractivity contribution is 6.36. The van der Waals surface area contributed by atoms with Crippen LogP contribution >= 0.6 is 23.2 Å². The second-order valence-corrected chi connectivity index (χ2v) is 8.90. The molecule has 0 bridgehead atoms. The smallest absolute Gasteiger partial charge is 0.274 e. The third-order valence-corrected chi connectivity index (χ3v) is 6.49. The van der Waals surface area contributed by atoms with Crippen molar-refractivity contribution < 1.29 is 23.6 Å². The van der Waals surface area contributed by atoms with Gasteiger partial charge in [0, 0.05) is 10.6 Å². The van der Waals surface area contributed by atoms with Crippen LogP contribution in [-0.2, 0) is 9.59 Å². The first-order valence-electron chi connectivity index (χ1n) is 10.3. The third-order valence-electron chi connectivity index (χ3n) is 5.95. The molecule has 9 heteroatoms. The van der Waals surface area contributed by atoms with E-state index in [-0.39, 0.29) is 22.1 Å². The van der Waals surface area contributed by atoms with Crippen LogP contribution in [0.1, 0.15) is 34.1 Å². The van der Waals surface area contributed by atoms with Gasteiger partial charge in [0.25, 0.3) is 17.7 Å². The Bertz CT molecular complexity index is 1180. The Morgan fingerprint density at radius 1 is 1.09 bits per heavy atom. The topological polar surface area (TPSA) is 74.8 Å². The van der Waals surface area contributed by atoms with Crippen molar-refractivity contribution in [3.63, 3.8) is 0 Å². The van der Waals surface area contributed by atoms with E-state index >= 15 is 0 Å². The number of allylic oxidation sites excluding steroid dienone is 2. The zero-order valence-corrected chi connectivity index (χ0v) is 19.0. The van der Waals surface area contributed by atoms with Crippen LogP contribution in [0.2, 0.25) is 10.0 Å². The van der Waals surface area contributed by atoms with E-state index in [1.54, 1.807) is 0 Å². The quantitative estimate of drug-likeness (QED) is 0.351. The van der Waals surface area contributed by atoms with Gasteiger partial charge in [0.1, 0.15) is 12.4 Å². The molecule has 2 aliphatic rings. The predicted molar refractivity (Wildman–Crippen MR) is 120 cm³/mol. The number of ketones is 1. The standard InChI is InChI=1S/C24H19Cl2FN2O4/c1-13-3-2-4-18-21(13)24(33)29(23(18)32)28(12-20(30)14-5-8-16(27)9-6-14)22(31)17-10-7-15(25)11-19(17)26/h2-3,5-11,13,18,21H,4,12H2,1H3/t13-,18+,21+/m1/s1. The van der Waals surface area contributed by atoms with Gasteiger partial charge in [-0.1, -0.05) is 42.3 Å². The molecular formula is C24H19Cl2FN2O4. The molecule has 1 fully saturated rings. The van der Waals surface area contributed by atoms with Crippen molar-refractivity contribution >= 4 is 46.7 Å². The fourth-order valence-electron chi connectivity index (χ4n) is 4.27. The first-order valence-corrected chi connectivity index (χ1v) is 11.0. The Kier molecular flexibility index (Phi) is 6.36. The minimum Gasteiger partial charge on any atom is -0.292 e. The summed E-state index contributed by atoms with van der Waals surface area (Å²) in [6.45, 7) is 1.22. The fraction of sp³-hybridized carbons (Fsp3) is 0.250. The second kappa shape index (κ2) is 9.08. The molecule has 1 aliphatic carbocycles. The number of rotatable bonds is 5. The Labute approximate surface area is 199 Å². The zero-order valence-electron chi connectivity index (χ0n) is 17.5. The van der Waals surface area contributed by atoms with Crippen LogP contribution in [0.25, 0.3) is 0 Å². The number of hydrazine groups is 1. The van der Waals surface area contributed by atoms with Gasteiger partial charge in [0.05, 0.1) is 22.4 Å². The number of amides is 3. The van der Waals surface area contributed by atoms with Crippen LogP contribution in [0.4, 0.5) is 4.39 Å². The number of fused-ring (bicyclic) bond motifs is 1. The number of nitrogens with zero attached hydrogens (tertiary/aromatic N) is 2. The van der Waals surface area contributed by atoms with Crippen molar-refractivity contribution in [3.05, 3.63) is 81.6 Å². The molecule has 33 heavy (non-hydrogen) atoms. The van der Waals surface area contributed by atoms with Gasteiger partial charge in [-0.15, -0.1) is 0 Å². The highest BCUT2D eigenvalue weighted by Crippen LogP contribution is 2.39. The van der Waals surface area contributed by atoms with E-state index in [1.807, 2.05) is 19.1 Å². The van der Waals surface area contributed by atoms with Crippen LogP contribution < -0.4 is 0 Å². The van der Waals surface area contributed by atoms with E-state index in [0.717, 1.165) is 22.2 Å². The average molecular weight is 489 g/mol. The molecule has 6 nitrogen and oxygen atoms in total. The molecule has 0 unspecified atom stereocenters. The molecule has 0 N–H and O–H groups in total. The summed E-state index contributed by atoms with van der Waals surface area (Å²) in [5.41, 5.74) is 0.109. The van der Waals surface area contributed by atoms with E-state index in [0.29, 0.717) is 11.4 Å². The van der Waals surface area contributed by atoms with E-state index in [1.165, 1.54) is 30.3 Å². The highest BCUT2D eigenvalue weighted by Gasteiger charge is 2.53. The van der Waals surface area contributed by atoms with Crippen molar-refractivity contribution in [3.8, 4) is 0 Å². The zero-order chi connectivity index (χ0) is 23.9. The van der Waals surface area contributed by atoms with Gasteiger partial charge in [0.2, 0.25) is 0 Å². The van der Waals surface area contributed by atoms with Gasteiger partial charge in [-0.2, -0.15) is 5.01 Å². The lowest BCUT2D eigenvalue weighted by molar-refractivity contribution is -0.154. The molecule has 2 aromatic carbocycles. The van der Waals surface area contributed by atoms with E-state index in [4.69, 9.17) is 23.2 Å². The maximum Gasteiger partial charge on any atom is 0.274 e. The van der Waals surface area contributed by atoms with Gasteiger partial charge < -0.3 is 0 Å². The summed E-state index contributed by atoms with van der Waals surface area (Å²) in [6.07, 6.45) is 4.07. The normalized spacial score (nSPS) is 21.8. The maximum absolute atomic E-state index is 13.5. The minimum absolute atomic E-state index is 0.0123. The number of Topliss-reactive ketones (excluding diaryl/α,β-unsaturated/α-hetero) is 1. The third kappa shape index (κ3) is 4.30. The maximum atomic E-state index is 13.5. The molecule has 1 heterocycles. The number of carbonyl (C=O) groups is 4. The molecule has 1 aliphatic heterocycles. The molecule has 2 aromatic rings. The number of imide groups is 1. The van der Waals surface area contributed by atoms with Crippen LogP contribution in [-0.4, -0.2) is 40.1 Å². The summed E-state index contributed by atoms with van der Waals surface area (Å²) in [6, 6.07) is 8.94. The first-order chi connectivity index (χ1) is 15.7. The summed E-state index contributed by atoms with van der Waals surface area (Å²) < 4.78 is 13.3. The van der Waals surface area contributed by atoms with Gasteiger partial charge in [-0.3, -0.25) is 19.2 Å². The molecule has 0 radical (unpaired) electrons. The van der Waals surface area contributed by atoms with Crippen LogP contribution in [0.3, 0.4) is 0 Å². The Morgan fingerprint density at radius 2 is 1.79 bits per heavy atom. The van der Waals surface area contributed by atoms with Gasteiger partial charge in [-0.25, -0.2) is 9.40 Å². The molecule has 3 amide bonds. The fourth-order valence-corrected chi connectivity index (χ4v) is 4.76. The highest BCUT2D eigenvalue weighted by atomic mass is 35.5. The lowest BCUT2D eigenvalue weighted by Gasteiger charge is -2.30. The number of carbonyl (C=O) groups excluding carboxylic acids is 4. The summed E-state index contributed by atoms with van der Waals surface area (Å²) in [5.74, 6) is -4.44. The monoisotopic (exact) mass is 488 g/mol. The molecule has 4 rings (SSSR count). The lowest BCUT2D eigenvalue weighted by Crippen LogP contribution is -2.52. The number of hydrogen-bond donors (Lipinski definition) is 0. The Morgan fingerprint density at radius 3 is 2.42 bits per heavy atom. The summed E-state index contributed by atoms with van der Waals surface area (Å²) in [5, 5.41) is 1.91. The van der Waals surface area contributed by atoms with Gasteiger partial charge in [-0.05, 0) is 54.8 Å². The SMILES string of the molecule is C[C@@H]1C=CC[C@@H]2C(=O)N(N(CC(=O)c3ccc(F)cc3)C(=O)c3ccc(Cl)cc3Cl)C(=O)[C@@H]12. The van der Waals surface area contributed by atoms with Crippen molar-refractivity contribution in [1.29, 1.82) is 0 Å². The number of hydrogen-bond acceptors (Lipinski definition) is 4. The second-order valence-electron chi connectivity index (χ2n) is 8.06. The van der Waals surface area contributed by atoms with Crippen molar-refractivity contribution in [2.45, 2.75) is 13.3 Å². The molecule has 0 spiro atoms. The van der Waals surface area contributed by atoms with Crippen LogP contribution in [0.15, 0.2) is 54.6 Å². The van der Waals surface area contributed by atoms with Crippen molar-refractivity contribution in [2.75, 3.05) is 6.54 Å². The molecule has 0 aromatic heterocycles. The molecule has 170 valence electrons. The molecule has 0 saturated carbocycles. The molecular weight excluding hydrogens is 470 g/mol. The van der Waals surface area contributed by atoms with Crippen LogP contribution in [0.5, 0.6) is 0 Å². The van der Waals surface area contributed by atoms with Gasteiger partial charge in [0.15, 0.2) is 5.78 Å². The van der Waals surface area contributed by atoms with E-state index in [2.05, 4.69) is 0 Å². The summed E-state index contributed by atoms with van der Waals surface area (Å²) >= 11 is 12.1. The Balaban J connectivity index is 1.73. The van der Waals surface area contributed by atoms with Crippen LogP contribution in [0, 0.1) is 23.6 Å². The van der Waals surface area contributed by atoms with Gasteiger partial charge >= 0.3 is 0 Å². The van der Waals surface area contributed by atoms with E-state index in [9.17, 15) is 23.6 Å². The van der Waals surface area contributed by atoms with Crippen molar-refractivity contribution in [1.82, 2.24) is 10.0 Å². The summed E-state index contributed by atoms with van der Waals surface area (Å²) in [7, 11) is 0. The molecule has 1 saturated heterocycles. The summed E-state index contributed by atoms with van der Waals surface area (Å²) in [4.78, 5) is 53.0. The van der Waals surface area contributed by atoms with E-state index < -0.39 is 47.7 Å². The predicted octanol–water partition coefficient (Wildman–Crippen LogP) is 4.57. The van der Waals surface area contributed by atoms with Crippen molar-refractivity contribution in [2.24, 2.45) is 17.8 Å². The average Bonchev–Trinajstić information content (AvgIpc) is 3.03. The minimum atomic E-state index is -0.798. The number of benzene rings is 2. The lowest BCUT2D eigenvalue weighted by atomic mass is 9.78.